The lowest BCUT2D eigenvalue weighted by Gasteiger charge is -2.28. The maximum absolute atomic E-state index is 13.7. The molecule has 0 bridgehead atoms. The van der Waals surface area contributed by atoms with E-state index in [4.69, 9.17) is 9.98 Å². The first-order valence-corrected chi connectivity index (χ1v) is 15.3. The summed E-state index contributed by atoms with van der Waals surface area (Å²) in [5, 5.41) is 6.88. The fraction of sp³-hybridized carbons (Fsp3) is 0.429. The molecule has 4 rings (SSSR count). The fourth-order valence-corrected chi connectivity index (χ4v) is 4.88. The third-order valence-electron chi connectivity index (χ3n) is 7.49. The van der Waals surface area contributed by atoms with Gasteiger partial charge in [-0.25, -0.2) is 9.37 Å². The average molecular weight is 558 g/mol. The summed E-state index contributed by atoms with van der Waals surface area (Å²) in [5.41, 5.74) is 6.72. The van der Waals surface area contributed by atoms with Gasteiger partial charge in [-0.05, 0) is 84.0 Å². The van der Waals surface area contributed by atoms with Crippen LogP contribution in [0.2, 0.25) is 0 Å². The molecule has 6 heteroatoms. The van der Waals surface area contributed by atoms with Gasteiger partial charge in [0.1, 0.15) is 17.5 Å². The number of anilines is 1. The largest absolute Gasteiger partial charge is 0.354 e. The van der Waals surface area contributed by atoms with Gasteiger partial charge in [0.2, 0.25) is 0 Å². The van der Waals surface area contributed by atoms with Crippen LogP contribution in [0.1, 0.15) is 82.1 Å². The highest BCUT2D eigenvalue weighted by atomic mass is 19.1. The Bertz CT molecular complexity index is 1260. The van der Waals surface area contributed by atoms with Gasteiger partial charge in [0.05, 0.1) is 6.54 Å². The number of nitrogens with one attached hydrogen (secondary N) is 2. The van der Waals surface area contributed by atoms with Crippen molar-refractivity contribution in [2.24, 2.45) is 4.99 Å². The van der Waals surface area contributed by atoms with E-state index in [0.717, 1.165) is 79.3 Å². The number of hydrogen-bond acceptors (Lipinski definition) is 4. The number of benzene rings is 2. The number of aliphatic imine (C=N–C) groups is 1. The van der Waals surface area contributed by atoms with Crippen molar-refractivity contribution < 1.29 is 4.39 Å². The van der Waals surface area contributed by atoms with E-state index in [1.807, 2.05) is 38.4 Å². The van der Waals surface area contributed by atoms with Gasteiger partial charge >= 0.3 is 0 Å². The molecule has 2 N–H and O–H groups in total. The van der Waals surface area contributed by atoms with Crippen LogP contribution in [0, 0.1) is 12.7 Å². The number of aromatic nitrogens is 1. The van der Waals surface area contributed by atoms with E-state index in [9.17, 15) is 4.39 Å². The zero-order chi connectivity index (χ0) is 29.6. The van der Waals surface area contributed by atoms with Crippen LogP contribution in [-0.2, 0) is 6.54 Å². The Hall–Kier alpha value is -3.51. The van der Waals surface area contributed by atoms with Crippen molar-refractivity contribution in [3.63, 3.8) is 0 Å². The first kappa shape index (κ1) is 32.0. The number of hydrogen-bond donors (Lipinski definition) is 2. The van der Waals surface area contributed by atoms with Gasteiger partial charge in [-0.15, -0.1) is 0 Å². The Morgan fingerprint density at radius 1 is 1.07 bits per heavy atom. The van der Waals surface area contributed by atoms with Crippen LogP contribution in [0.4, 0.5) is 10.2 Å². The molecular formula is C35H48FN5. The highest BCUT2D eigenvalue weighted by molar-refractivity contribution is 6.02. The molecule has 1 unspecified atom stereocenters. The molecule has 5 nitrogen and oxygen atoms in total. The van der Waals surface area contributed by atoms with E-state index in [2.05, 4.69) is 73.6 Å². The maximum atomic E-state index is 13.7. The smallest absolute Gasteiger partial charge is 0.132 e. The molecule has 0 aliphatic carbocycles. The first-order chi connectivity index (χ1) is 20.0. The summed E-state index contributed by atoms with van der Waals surface area (Å²) in [6, 6.07) is 15.4. The molecule has 3 aromatic rings. The molecule has 1 atom stereocenters. The Kier molecular flexibility index (Phi) is 13.0. The molecule has 0 spiro atoms. The van der Waals surface area contributed by atoms with Crippen molar-refractivity contribution >= 4 is 11.7 Å². The summed E-state index contributed by atoms with van der Waals surface area (Å²) in [4.78, 5) is 12.1. The van der Waals surface area contributed by atoms with Gasteiger partial charge in [-0.3, -0.25) is 4.99 Å². The Morgan fingerprint density at radius 3 is 2.44 bits per heavy atom. The molecule has 2 aromatic carbocycles. The lowest BCUT2D eigenvalue weighted by Crippen LogP contribution is -2.43. The molecule has 1 aliphatic heterocycles. The van der Waals surface area contributed by atoms with Crippen molar-refractivity contribution in [2.45, 2.75) is 73.3 Å². The lowest BCUT2D eigenvalue weighted by molar-refractivity contribution is 0.585. The minimum atomic E-state index is -0.227. The second kappa shape index (κ2) is 16.7. The quantitative estimate of drug-likeness (QED) is 0.196. The second-order valence-electron chi connectivity index (χ2n) is 10.3. The van der Waals surface area contributed by atoms with Gasteiger partial charge in [0, 0.05) is 37.9 Å². The topological polar surface area (TPSA) is 52.6 Å². The minimum absolute atomic E-state index is 0.227. The minimum Gasteiger partial charge on any atom is -0.354 e. The van der Waals surface area contributed by atoms with Crippen LogP contribution >= 0.6 is 0 Å². The summed E-state index contributed by atoms with van der Waals surface area (Å²) in [6.45, 7) is 17.3. The second-order valence-corrected chi connectivity index (χ2v) is 10.3. The number of piperazine rings is 1. The van der Waals surface area contributed by atoms with E-state index >= 15 is 0 Å². The van der Waals surface area contributed by atoms with Crippen LogP contribution in [0.15, 0.2) is 72.0 Å². The monoisotopic (exact) mass is 557 g/mol. The maximum Gasteiger partial charge on any atom is 0.132 e. The van der Waals surface area contributed by atoms with E-state index in [-0.39, 0.29) is 5.82 Å². The van der Waals surface area contributed by atoms with Crippen LogP contribution in [-0.4, -0.2) is 37.0 Å². The van der Waals surface area contributed by atoms with E-state index in [1.165, 1.54) is 23.3 Å². The number of allylic oxidation sites excluding steroid dienone is 1. The van der Waals surface area contributed by atoms with Crippen molar-refractivity contribution in [1.29, 1.82) is 0 Å². The van der Waals surface area contributed by atoms with Gasteiger partial charge in [-0.2, -0.15) is 0 Å². The summed E-state index contributed by atoms with van der Waals surface area (Å²) >= 11 is 0. The highest BCUT2D eigenvalue weighted by Crippen LogP contribution is 2.31. The Labute approximate surface area is 247 Å². The summed E-state index contributed by atoms with van der Waals surface area (Å²) < 4.78 is 13.7. The number of amidine groups is 1. The molecule has 2 heterocycles. The molecule has 220 valence electrons. The summed E-state index contributed by atoms with van der Waals surface area (Å²) in [5.74, 6) is 2.02. The zero-order valence-electron chi connectivity index (χ0n) is 25.8. The Morgan fingerprint density at radius 2 is 1.80 bits per heavy atom. The number of rotatable bonds is 10. The molecular weight excluding hydrogens is 509 g/mol. The van der Waals surface area contributed by atoms with Crippen LogP contribution in [0.25, 0.3) is 11.1 Å². The number of nitrogens with zero attached hydrogens (tertiary/aromatic N) is 3. The fourth-order valence-electron chi connectivity index (χ4n) is 4.88. The Balaban J connectivity index is 0.00000226. The van der Waals surface area contributed by atoms with Crippen molar-refractivity contribution in [2.75, 3.05) is 31.1 Å². The SMILES string of the molecule is CC.CCC/C=C/NC(=NCc1ccc(N2CCNCC2)nc1)c1cc(-c2ccc(F)cc2)cc(C(C)CC)c1C. The van der Waals surface area contributed by atoms with Gasteiger partial charge in [0.25, 0.3) is 0 Å². The summed E-state index contributed by atoms with van der Waals surface area (Å²) in [6.07, 6.45) is 9.22. The van der Waals surface area contributed by atoms with E-state index < -0.39 is 0 Å². The molecule has 1 saturated heterocycles. The van der Waals surface area contributed by atoms with Gasteiger partial charge in [-0.1, -0.05) is 71.4 Å². The molecule has 41 heavy (non-hydrogen) atoms. The number of halogens is 1. The predicted octanol–water partition coefficient (Wildman–Crippen LogP) is 8.00. The molecule has 0 saturated carbocycles. The van der Waals surface area contributed by atoms with E-state index in [0.29, 0.717) is 12.5 Å². The highest BCUT2D eigenvalue weighted by Gasteiger charge is 2.17. The molecule has 1 aromatic heterocycles. The van der Waals surface area contributed by atoms with Crippen LogP contribution < -0.4 is 15.5 Å². The van der Waals surface area contributed by atoms with Crippen molar-refractivity contribution in [3.8, 4) is 11.1 Å². The third-order valence-corrected chi connectivity index (χ3v) is 7.49. The molecule has 1 aliphatic rings. The van der Waals surface area contributed by atoms with Crippen molar-refractivity contribution in [1.82, 2.24) is 15.6 Å². The number of pyridine rings is 1. The molecule has 1 fully saturated rings. The average Bonchev–Trinajstić information content (AvgIpc) is 3.03. The first-order valence-electron chi connectivity index (χ1n) is 15.3. The summed E-state index contributed by atoms with van der Waals surface area (Å²) in [7, 11) is 0. The predicted molar refractivity (Wildman–Crippen MR) is 173 cm³/mol. The zero-order valence-corrected chi connectivity index (χ0v) is 25.8. The van der Waals surface area contributed by atoms with Crippen molar-refractivity contribution in [3.05, 3.63) is 95.1 Å². The third kappa shape index (κ3) is 8.99. The van der Waals surface area contributed by atoms with Crippen LogP contribution in [0.5, 0.6) is 0 Å². The molecule has 0 amide bonds. The standard InChI is InChI=1S/C33H42FN5.C2H6/c1-5-7-8-15-36-33(38-23-26-9-14-32(37-22-26)39-18-16-35-17-19-39)31-21-28(27-10-12-29(34)13-11-27)20-30(25(31)4)24(3)6-2;1-2/h8-15,20-22,24,35H,5-7,16-19,23H2,1-4H3,(H,36,38);1-2H3/b15-8+;. The van der Waals surface area contributed by atoms with Crippen LogP contribution in [0.3, 0.4) is 0 Å². The van der Waals surface area contributed by atoms with E-state index in [1.54, 1.807) is 0 Å². The number of unbranched alkanes of at least 4 members (excludes halogenated alkanes) is 1. The van der Waals surface area contributed by atoms with Gasteiger partial charge in [0.15, 0.2) is 0 Å². The molecule has 0 radical (unpaired) electrons. The lowest BCUT2D eigenvalue weighted by atomic mass is 9.87. The normalized spacial score (nSPS) is 14.5. The van der Waals surface area contributed by atoms with Gasteiger partial charge < -0.3 is 15.5 Å².